The maximum atomic E-state index is 13.6. The normalized spacial score (nSPS) is 36.9. The number of esters is 2. The van der Waals surface area contributed by atoms with Crippen LogP contribution in [0.4, 0.5) is 0 Å². The van der Waals surface area contributed by atoms with Crippen LogP contribution in [0.2, 0.25) is 0 Å². The van der Waals surface area contributed by atoms with Crippen LogP contribution in [0.5, 0.6) is 0 Å². The zero-order valence-electron chi connectivity index (χ0n) is 23.1. The van der Waals surface area contributed by atoms with Crippen LogP contribution in [-0.2, 0) is 33.4 Å². The van der Waals surface area contributed by atoms with E-state index in [1.165, 1.54) is 6.92 Å². The molecule has 9 heteroatoms. The summed E-state index contributed by atoms with van der Waals surface area (Å²) in [6.07, 6.45) is 0.150. The van der Waals surface area contributed by atoms with Crippen LogP contribution >= 0.6 is 0 Å². The van der Waals surface area contributed by atoms with Crippen molar-refractivity contribution in [3.05, 3.63) is 23.8 Å². The van der Waals surface area contributed by atoms with E-state index in [0.717, 1.165) is 6.08 Å². The Labute approximate surface area is 219 Å². The molecule has 8 atom stereocenters. The van der Waals surface area contributed by atoms with Gasteiger partial charge in [-0.15, -0.1) is 0 Å². The predicted octanol–water partition coefficient (Wildman–Crippen LogP) is 2.85. The van der Waals surface area contributed by atoms with Crippen molar-refractivity contribution in [1.29, 1.82) is 0 Å². The first-order valence-corrected chi connectivity index (χ1v) is 12.8. The fraction of sp³-hybridized carbons (Fsp3) is 0.714. The number of aliphatic hydroxyl groups is 2. The molecule has 2 bridgehead atoms. The molecule has 0 spiro atoms. The van der Waals surface area contributed by atoms with Crippen molar-refractivity contribution in [2.24, 2.45) is 17.3 Å². The molecule has 0 aromatic heterocycles. The third kappa shape index (κ3) is 7.58. The average molecular weight is 523 g/mol. The number of Topliss-reactive ketones (excluding diaryl/α,β-unsaturated/α-hetero) is 2. The van der Waals surface area contributed by atoms with Gasteiger partial charge in [0.2, 0.25) is 5.78 Å². The summed E-state index contributed by atoms with van der Waals surface area (Å²) in [6, 6.07) is 0. The fourth-order valence-electron chi connectivity index (χ4n) is 4.79. The minimum Gasteiger partial charge on any atom is -0.458 e. The van der Waals surface area contributed by atoms with E-state index < -0.39 is 70.8 Å². The smallest absolute Gasteiger partial charge is 0.331 e. The van der Waals surface area contributed by atoms with Gasteiger partial charge in [0, 0.05) is 30.3 Å². The maximum absolute atomic E-state index is 13.6. The summed E-state index contributed by atoms with van der Waals surface area (Å²) in [6.45, 7) is 13.3. The minimum atomic E-state index is -1.60. The number of hydrogen-bond acceptors (Lipinski definition) is 9. The van der Waals surface area contributed by atoms with E-state index in [4.69, 9.17) is 14.2 Å². The van der Waals surface area contributed by atoms with E-state index in [1.54, 1.807) is 40.7 Å². The van der Waals surface area contributed by atoms with Crippen molar-refractivity contribution in [1.82, 2.24) is 0 Å². The Kier molecular flexibility index (Phi) is 10.0. The van der Waals surface area contributed by atoms with Gasteiger partial charge in [0.05, 0.1) is 11.7 Å². The van der Waals surface area contributed by atoms with Crippen molar-refractivity contribution >= 4 is 23.5 Å². The number of carbonyl (C=O) groups is 4. The average Bonchev–Trinajstić information content (AvgIpc) is 3.22. The minimum absolute atomic E-state index is 0.149. The number of rotatable bonds is 4. The van der Waals surface area contributed by atoms with Crippen molar-refractivity contribution in [3.8, 4) is 0 Å². The van der Waals surface area contributed by atoms with Gasteiger partial charge in [0.1, 0.15) is 18.3 Å². The van der Waals surface area contributed by atoms with Gasteiger partial charge < -0.3 is 24.4 Å². The molecule has 1 unspecified atom stereocenters. The third-order valence-electron chi connectivity index (χ3n) is 7.55. The zero-order chi connectivity index (χ0) is 28.3. The van der Waals surface area contributed by atoms with E-state index in [9.17, 15) is 29.4 Å². The number of ether oxygens (including phenoxy) is 3. The quantitative estimate of drug-likeness (QED) is 0.324. The highest BCUT2D eigenvalue weighted by atomic mass is 16.6. The molecule has 37 heavy (non-hydrogen) atoms. The van der Waals surface area contributed by atoms with Crippen molar-refractivity contribution in [2.45, 2.75) is 111 Å². The number of aliphatic hydroxyl groups excluding tert-OH is 2. The lowest BCUT2D eigenvalue weighted by Crippen LogP contribution is -2.52. The molecule has 2 rings (SSSR count). The zero-order valence-corrected chi connectivity index (χ0v) is 23.1. The maximum Gasteiger partial charge on any atom is 0.331 e. The Bertz CT molecular complexity index is 949. The van der Waals surface area contributed by atoms with Crippen molar-refractivity contribution in [3.63, 3.8) is 0 Å². The predicted molar refractivity (Wildman–Crippen MR) is 135 cm³/mol. The van der Waals surface area contributed by atoms with Gasteiger partial charge in [-0.1, -0.05) is 39.8 Å². The van der Waals surface area contributed by atoms with E-state index in [0.29, 0.717) is 18.4 Å². The Balaban J connectivity index is 2.42. The molecule has 2 aliphatic rings. The second-order valence-electron chi connectivity index (χ2n) is 11.4. The Morgan fingerprint density at radius 3 is 2.35 bits per heavy atom. The number of hydrogen-bond donors (Lipinski definition) is 2. The summed E-state index contributed by atoms with van der Waals surface area (Å²) in [4.78, 5) is 50.4. The SMILES string of the molecule is CC(=O)O[C@H](C)/C(C)=C/C(=O)O[C@H]1C(=O)[C@@H](O)[C@@]2(C)CC[C@H](O2)C(C)(C)/C=C\[C@H](C)C(=O)C(O)C[C@H]1C. The standard InChI is InChI=1S/C28H42O9/c1-15-9-11-27(6,7)21-10-12-28(8,37-21)26(34)24(33)25(17(3)13-20(30)23(15)32)36-22(31)14-16(2)18(4)35-19(5)29/h9,11,14-15,17-18,20-21,25-26,30,34H,10,12-13H2,1-8H3/b11-9-,16-14+/t15-,17+,18+,20?,21-,25+,26+,28+/m0/s1. The molecule has 2 heterocycles. The summed E-state index contributed by atoms with van der Waals surface area (Å²) in [7, 11) is 0. The lowest BCUT2D eigenvalue weighted by Gasteiger charge is -2.36. The molecule has 0 amide bonds. The van der Waals surface area contributed by atoms with E-state index in [2.05, 4.69) is 0 Å². The summed E-state index contributed by atoms with van der Waals surface area (Å²) in [5.74, 6) is -3.93. The van der Waals surface area contributed by atoms with Crippen LogP contribution < -0.4 is 0 Å². The summed E-state index contributed by atoms with van der Waals surface area (Å²) >= 11 is 0. The fourth-order valence-corrected chi connectivity index (χ4v) is 4.79. The molecule has 0 saturated carbocycles. The van der Waals surface area contributed by atoms with E-state index >= 15 is 0 Å². The molecule has 9 nitrogen and oxygen atoms in total. The van der Waals surface area contributed by atoms with Crippen LogP contribution in [0.3, 0.4) is 0 Å². The van der Waals surface area contributed by atoms with Crippen LogP contribution in [0.1, 0.15) is 74.7 Å². The Morgan fingerprint density at radius 2 is 1.76 bits per heavy atom. The molecular formula is C28H42O9. The first-order valence-electron chi connectivity index (χ1n) is 12.8. The lowest BCUT2D eigenvalue weighted by atomic mass is 9.83. The number of ketones is 2. The third-order valence-corrected chi connectivity index (χ3v) is 7.55. The Hall–Kier alpha value is -2.36. The van der Waals surface area contributed by atoms with Gasteiger partial charge in [-0.3, -0.25) is 14.4 Å². The number of carbonyl (C=O) groups excluding carboxylic acids is 4. The van der Waals surface area contributed by atoms with Gasteiger partial charge in [-0.05, 0) is 45.6 Å². The monoisotopic (exact) mass is 522 g/mol. The van der Waals surface area contributed by atoms with Gasteiger partial charge in [-0.25, -0.2) is 4.79 Å². The molecule has 0 aromatic rings. The van der Waals surface area contributed by atoms with Crippen molar-refractivity contribution in [2.75, 3.05) is 0 Å². The van der Waals surface area contributed by atoms with Gasteiger partial charge in [0.15, 0.2) is 11.9 Å². The number of fused-ring (bicyclic) bond motifs is 2. The van der Waals surface area contributed by atoms with Gasteiger partial charge in [0.25, 0.3) is 0 Å². The molecule has 0 aliphatic carbocycles. The molecule has 208 valence electrons. The second kappa shape index (κ2) is 12.0. The molecule has 2 N–H and O–H groups in total. The summed E-state index contributed by atoms with van der Waals surface area (Å²) in [5, 5.41) is 21.8. The molecule has 0 aromatic carbocycles. The van der Waals surface area contributed by atoms with Crippen LogP contribution in [0.25, 0.3) is 0 Å². The van der Waals surface area contributed by atoms with Crippen LogP contribution in [0, 0.1) is 17.3 Å². The molecule has 2 aliphatic heterocycles. The van der Waals surface area contributed by atoms with E-state index in [1.807, 2.05) is 19.9 Å². The van der Waals surface area contributed by atoms with Gasteiger partial charge >= 0.3 is 11.9 Å². The largest absolute Gasteiger partial charge is 0.458 e. The summed E-state index contributed by atoms with van der Waals surface area (Å²) < 4.78 is 16.8. The summed E-state index contributed by atoms with van der Waals surface area (Å²) in [5.41, 5.74) is -1.30. The molecule has 1 fully saturated rings. The first kappa shape index (κ1) is 30.9. The van der Waals surface area contributed by atoms with Crippen LogP contribution in [-0.4, -0.2) is 69.8 Å². The molecule has 1 saturated heterocycles. The molecule has 0 radical (unpaired) electrons. The highest BCUT2D eigenvalue weighted by Crippen LogP contribution is 2.42. The Morgan fingerprint density at radius 1 is 1.14 bits per heavy atom. The topological polar surface area (TPSA) is 136 Å². The van der Waals surface area contributed by atoms with E-state index in [-0.39, 0.29) is 12.5 Å². The van der Waals surface area contributed by atoms with Gasteiger partial charge in [-0.2, -0.15) is 0 Å². The molecular weight excluding hydrogens is 480 g/mol. The van der Waals surface area contributed by atoms with Crippen molar-refractivity contribution < 1.29 is 43.6 Å². The second-order valence-corrected chi connectivity index (χ2v) is 11.4. The number of allylic oxidation sites excluding steroid dienone is 1. The highest BCUT2D eigenvalue weighted by molar-refractivity contribution is 5.92. The van der Waals surface area contributed by atoms with Crippen LogP contribution in [0.15, 0.2) is 23.8 Å². The lowest BCUT2D eigenvalue weighted by molar-refractivity contribution is -0.172. The first-order chi connectivity index (χ1) is 17.0. The highest BCUT2D eigenvalue weighted by Gasteiger charge is 2.51.